The first-order chi connectivity index (χ1) is 14.9. The molecule has 6 heteroatoms. The summed E-state index contributed by atoms with van der Waals surface area (Å²) >= 11 is 1.44. The molecule has 4 aromatic rings. The Morgan fingerprint density at radius 1 is 1.13 bits per heavy atom. The fraction of sp³-hybridized carbons (Fsp3) is 0.240. The van der Waals surface area contributed by atoms with Gasteiger partial charge in [-0.05, 0) is 61.6 Å². The summed E-state index contributed by atoms with van der Waals surface area (Å²) in [4.78, 5) is 31.3. The lowest BCUT2D eigenvalue weighted by atomic mass is 10.0. The smallest absolute Gasteiger partial charge is 0.263 e. The van der Waals surface area contributed by atoms with Crippen molar-refractivity contribution in [2.24, 2.45) is 0 Å². The summed E-state index contributed by atoms with van der Waals surface area (Å²) in [6, 6.07) is 13.2. The van der Waals surface area contributed by atoms with E-state index in [4.69, 9.17) is 0 Å². The fourth-order valence-electron chi connectivity index (χ4n) is 3.54. The lowest BCUT2D eigenvalue weighted by Crippen LogP contribution is -2.31. The number of aromatic nitrogens is 2. The molecule has 0 aliphatic rings. The van der Waals surface area contributed by atoms with E-state index in [0.29, 0.717) is 15.9 Å². The predicted octanol–water partition coefficient (Wildman–Crippen LogP) is 5.50. The monoisotopic (exact) mass is 431 g/mol. The standard InChI is InChI=1S/C25H25N3O2S/c1-5-18-7-10-20(11-8-18)27-23(29)17(4)28-14-26-24-22(25(28)30)21(13-31-24)19-9-6-15(2)16(3)12-19/h6-14,17H,5H2,1-4H3,(H,27,29). The van der Waals surface area contributed by atoms with Crippen molar-refractivity contribution in [1.82, 2.24) is 9.55 Å². The molecule has 0 fully saturated rings. The molecule has 0 bridgehead atoms. The number of nitrogens with one attached hydrogen (secondary N) is 1. The summed E-state index contributed by atoms with van der Waals surface area (Å²) in [5, 5.41) is 5.42. The third-order valence-electron chi connectivity index (χ3n) is 5.76. The van der Waals surface area contributed by atoms with Crippen molar-refractivity contribution in [2.75, 3.05) is 5.32 Å². The van der Waals surface area contributed by atoms with Gasteiger partial charge in [0.05, 0.1) is 11.7 Å². The van der Waals surface area contributed by atoms with E-state index in [1.54, 1.807) is 6.92 Å². The second-order valence-corrected chi connectivity index (χ2v) is 8.66. The largest absolute Gasteiger partial charge is 0.324 e. The van der Waals surface area contributed by atoms with Crippen LogP contribution in [0.5, 0.6) is 0 Å². The first-order valence-corrected chi connectivity index (χ1v) is 11.2. The molecular formula is C25H25N3O2S. The number of rotatable bonds is 5. The quantitative estimate of drug-likeness (QED) is 0.453. The van der Waals surface area contributed by atoms with Gasteiger partial charge in [-0.2, -0.15) is 0 Å². The van der Waals surface area contributed by atoms with E-state index in [-0.39, 0.29) is 11.5 Å². The highest BCUT2D eigenvalue weighted by atomic mass is 32.1. The Morgan fingerprint density at radius 2 is 1.87 bits per heavy atom. The molecule has 2 aromatic carbocycles. The molecule has 5 nitrogen and oxygen atoms in total. The minimum absolute atomic E-state index is 0.205. The van der Waals surface area contributed by atoms with Crippen molar-refractivity contribution in [3.63, 3.8) is 0 Å². The maximum atomic E-state index is 13.4. The van der Waals surface area contributed by atoms with Gasteiger partial charge in [-0.15, -0.1) is 11.3 Å². The van der Waals surface area contributed by atoms with Crippen LogP contribution in [-0.2, 0) is 11.2 Å². The summed E-state index contributed by atoms with van der Waals surface area (Å²) in [6.45, 7) is 7.92. The molecule has 1 unspecified atom stereocenters. The van der Waals surface area contributed by atoms with E-state index in [9.17, 15) is 9.59 Å². The number of aryl methyl sites for hydroxylation is 3. The summed E-state index contributed by atoms with van der Waals surface area (Å²) < 4.78 is 1.41. The van der Waals surface area contributed by atoms with Crippen LogP contribution in [0.4, 0.5) is 5.69 Å². The van der Waals surface area contributed by atoms with E-state index in [1.807, 2.05) is 35.7 Å². The number of hydrogen-bond donors (Lipinski definition) is 1. The third kappa shape index (κ3) is 4.03. The molecule has 158 valence electrons. The van der Waals surface area contributed by atoms with Crippen LogP contribution >= 0.6 is 11.3 Å². The summed E-state index contributed by atoms with van der Waals surface area (Å²) in [6.07, 6.45) is 2.41. The number of fused-ring (bicyclic) bond motifs is 1. The lowest BCUT2D eigenvalue weighted by Gasteiger charge is -2.15. The molecule has 1 N–H and O–H groups in total. The van der Waals surface area contributed by atoms with E-state index in [0.717, 1.165) is 17.5 Å². The maximum Gasteiger partial charge on any atom is 0.263 e. The van der Waals surface area contributed by atoms with E-state index in [2.05, 4.69) is 43.2 Å². The van der Waals surface area contributed by atoms with Gasteiger partial charge >= 0.3 is 0 Å². The van der Waals surface area contributed by atoms with Gasteiger partial charge in [0.25, 0.3) is 5.56 Å². The lowest BCUT2D eigenvalue weighted by molar-refractivity contribution is -0.118. The number of carbonyl (C=O) groups excluding carboxylic acids is 1. The Balaban J connectivity index is 1.68. The van der Waals surface area contributed by atoms with Gasteiger partial charge in [0.1, 0.15) is 10.9 Å². The van der Waals surface area contributed by atoms with Gasteiger partial charge in [0.2, 0.25) is 5.91 Å². The van der Waals surface area contributed by atoms with Gasteiger partial charge in [-0.3, -0.25) is 14.2 Å². The second-order valence-electron chi connectivity index (χ2n) is 7.80. The zero-order valence-electron chi connectivity index (χ0n) is 18.1. The highest BCUT2D eigenvalue weighted by Gasteiger charge is 2.20. The minimum atomic E-state index is -0.692. The molecule has 0 saturated heterocycles. The number of nitrogens with zero attached hydrogens (tertiary/aromatic N) is 2. The highest BCUT2D eigenvalue weighted by Crippen LogP contribution is 2.32. The second kappa shape index (κ2) is 8.47. The van der Waals surface area contributed by atoms with Crippen molar-refractivity contribution < 1.29 is 4.79 Å². The third-order valence-corrected chi connectivity index (χ3v) is 6.65. The van der Waals surface area contributed by atoms with Crippen molar-refractivity contribution in [1.29, 1.82) is 0 Å². The van der Waals surface area contributed by atoms with Crippen LogP contribution in [0.1, 0.15) is 36.6 Å². The predicted molar refractivity (Wildman–Crippen MR) is 128 cm³/mol. The van der Waals surface area contributed by atoms with Crippen LogP contribution in [0.25, 0.3) is 21.3 Å². The van der Waals surface area contributed by atoms with E-state index < -0.39 is 6.04 Å². The topological polar surface area (TPSA) is 64.0 Å². The number of thiophene rings is 1. The van der Waals surface area contributed by atoms with Crippen LogP contribution < -0.4 is 10.9 Å². The molecule has 0 aliphatic heterocycles. The van der Waals surface area contributed by atoms with Gasteiger partial charge in [-0.25, -0.2) is 4.98 Å². The number of hydrogen-bond acceptors (Lipinski definition) is 4. The van der Waals surface area contributed by atoms with E-state index >= 15 is 0 Å². The number of benzene rings is 2. The van der Waals surface area contributed by atoms with Crippen LogP contribution in [0.15, 0.2) is 59.0 Å². The first-order valence-electron chi connectivity index (χ1n) is 10.3. The molecular weight excluding hydrogens is 406 g/mol. The Labute approximate surface area is 185 Å². The zero-order chi connectivity index (χ0) is 22.1. The maximum absolute atomic E-state index is 13.4. The van der Waals surface area contributed by atoms with Crippen molar-refractivity contribution in [3.05, 3.63) is 81.2 Å². The van der Waals surface area contributed by atoms with Gasteiger partial charge in [-0.1, -0.05) is 37.3 Å². The van der Waals surface area contributed by atoms with Crippen molar-refractivity contribution in [2.45, 2.75) is 40.2 Å². The molecule has 0 radical (unpaired) electrons. The minimum Gasteiger partial charge on any atom is -0.324 e. The van der Waals surface area contributed by atoms with Crippen LogP contribution in [0, 0.1) is 13.8 Å². The summed E-state index contributed by atoms with van der Waals surface area (Å²) in [5.74, 6) is -0.254. The molecule has 0 aliphatic carbocycles. The number of amides is 1. The SMILES string of the molecule is CCc1ccc(NC(=O)C(C)n2cnc3scc(-c4ccc(C)c(C)c4)c3c2=O)cc1. The molecule has 0 spiro atoms. The van der Waals surface area contributed by atoms with Crippen molar-refractivity contribution >= 4 is 33.1 Å². The molecule has 2 aromatic heterocycles. The van der Waals surface area contributed by atoms with Crippen LogP contribution in [0.3, 0.4) is 0 Å². The molecule has 2 heterocycles. The fourth-order valence-corrected chi connectivity index (χ4v) is 4.45. The molecule has 31 heavy (non-hydrogen) atoms. The molecule has 1 atom stereocenters. The van der Waals surface area contributed by atoms with E-state index in [1.165, 1.54) is 38.9 Å². The average Bonchev–Trinajstić information content (AvgIpc) is 3.21. The van der Waals surface area contributed by atoms with Gasteiger partial charge in [0, 0.05) is 16.6 Å². The summed E-state index contributed by atoms with van der Waals surface area (Å²) in [7, 11) is 0. The Kier molecular flexibility index (Phi) is 5.74. The molecule has 4 rings (SSSR count). The number of carbonyl (C=O) groups is 1. The van der Waals surface area contributed by atoms with Gasteiger partial charge < -0.3 is 5.32 Å². The first kappa shape index (κ1) is 21.0. The molecule has 0 saturated carbocycles. The normalized spacial score (nSPS) is 12.1. The van der Waals surface area contributed by atoms with Crippen LogP contribution in [-0.4, -0.2) is 15.5 Å². The highest BCUT2D eigenvalue weighted by molar-refractivity contribution is 7.17. The van der Waals surface area contributed by atoms with Gasteiger partial charge in [0.15, 0.2) is 0 Å². The Bertz CT molecular complexity index is 1320. The Morgan fingerprint density at radius 3 is 2.55 bits per heavy atom. The zero-order valence-corrected chi connectivity index (χ0v) is 18.9. The number of anilines is 1. The molecule has 1 amide bonds. The summed E-state index contributed by atoms with van der Waals surface area (Å²) in [5.41, 5.74) is 5.93. The average molecular weight is 432 g/mol. The Hall–Kier alpha value is -3.25. The van der Waals surface area contributed by atoms with Crippen molar-refractivity contribution in [3.8, 4) is 11.1 Å². The van der Waals surface area contributed by atoms with Crippen LogP contribution in [0.2, 0.25) is 0 Å².